The number of rotatable bonds is 8. The van der Waals surface area contributed by atoms with E-state index in [1.54, 1.807) is 25.1 Å². The van der Waals surface area contributed by atoms with Gasteiger partial charge in [-0.3, -0.25) is 9.59 Å². The Morgan fingerprint density at radius 3 is 2.39 bits per heavy atom. The number of benzene rings is 2. The summed E-state index contributed by atoms with van der Waals surface area (Å²) >= 11 is 12.2. The number of halogens is 2. The van der Waals surface area contributed by atoms with Gasteiger partial charge in [-0.2, -0.15) is 0 Å². The van der Waals surface area contributed by atoms with Crippen molar-refractivity contribution in [1.29, 1.82) is 0 Å². The Kier molecular flexibility index (Phi) is 8.15. The molecule has 150 valence electrons. The van der Waals surface area contributed by atoms with E-state index in [9.17, 15) is 9.59 Å². The van der Waals surface area contributed by atoms with E-state index in [2.05, 4.69) is 12.2 Å². The lowest BCUT2D eigenvalue weighted by atomic mass is 10.1. The molecule has 0 radical (unpaired) electrons. The highest BCUT2D eigenvalue weighted by Gasteiger charge is 2.26. The summed E-state index contributed by atoms with van der Waals surface area (Å²) in [6.07, 6.45) is 0.929. The van der Waals surface area contributed by atoms with Crippen LogP contribution in [0.25, 0.3) is 0 Å². The molecule has 0 aliphatic rings. The van der Waals surface area contributed by atoms with E-state index >= 15 is 0 Å². The summed E-state index contributed by atoms with van der Waals surface area (Å²) in [6.45, 7) is 3.72. The van der Waals surface area contributed by atoms with Crippen molar-refractivity contribution in [2.24, 2.45) is 0 Å². The first-order chi connectivity index (χ1) is 13.3. The molecule has 0 fully saturated rings. The van der Waals surface area contributed by atoms with Gasteiger partial charge in [-0.25, -0.2) is 0 Å². The van der Waals surface area contributed by atoms with E-state index in [4.69, 9.17) is 27.9 Å². The standard InChI is InChI=1S/C21H24Cl2N2O3/c1-4-15-5-9-18(10-6-15)28-13-20(26)25(14(2)21(27)24-3)12-16-7-8-17(22)11-19(16)23/h5-11,14H,4,12-13H2,1-3H3,(H,24,27). The van der Waals surface area contributed by atoms with Crippen molar-refractivity contribution in [2.45, 2.75) is 32.9 Å². The number of aryl methyl sites for hydroxylation is 1. The molecule has 0 aliphatic carbocycles. The molecular formula is C21H24Cl2N2O3. The predicted octanol–water partition coefficient (Wildman–Crippen LogP) is 4.10. The quantitative estimate of drug-likeness (QED) is 0.696. The summed E-state index contributed by atoms with van der Waals surface area (Å²) in [5.41, 5.74) is 1.88. The molecule has 2 amide bonds. The Morgan fingerprint density at radius 1 is 1.14 bits per heavy atom. The average Bonchev–Trinajstić information content (AvgIpc) is 2.70. The molecule has 1 unspecified atom stereocenters. The van der Waals surface area contributed by atoms with Crippen LogP contribution in [-0.2, 0) is 22.6 Å². The van der Waals surface area contributed by atoms with Crippen LogP contribution in [0.3, 0.4) is 0 Å². The molecule has 1 N–H and O–H groups in total. The molecule has 0 aromatic heterocycles. The minimum Gasteiger partial charge on any atom is -0.484 e. The summed E-state index contributed by atoms with van der Waals surface area (Å²) < 4.78 is 5.62. The zero-order valence-electron chi connectivity index (χ0n) is 16.2. The highest BCUT2D eigenvalue weighted by atomic mass is 35.5. The van der Waals surface area contributed by atoms with Gasteiger partial charge in [0.2, 0.25) is 5.91 Å². The maximum absolute atomic E-state index is 12.8. The first-order valence-corrected chi connectivity index (χ1v) is 9.78. The molecule has 0 aliphatic heterocycles. The Hall–Kier alpha value is -2.24. The van der Waals surface area contributed by atoms with Crippen molar-refractivity contribution in [3.8, 4) is 5.75 Å². The van der Waals surface area contributed by atoms with Gasteiger partial charge in [-0.1, -0.05) is 48.3 Å². The zero-order valence-corrected chi connectivity index (χ0v) is 17.7. The van der Waals surface area contributed by atoms with Gasteiger partial charge in [0.25, 0.3) is 5.91 Å². The highest BCUT2D eigenvalue weighted by Crippen LogP contribution is 2.23. The van der Waals surface area contributed by atoms with Crippen LogP contribution < -0.4 is 10.1 Å². The molecular weight excluding hydrogens is 399 g/mol. The van der Waals surface area contributed by atoms with Crippen LogP contribution in [0, 0.1) is 0 Å². The van der Waals surface area contributed by atoms with Crippen molar-refractivity contribution in [3.63, 3.8) is 0 Å². The largest absolute Gasteiger partial charge is 0.484 e. The normalized spacial score (nSPS) is 11.6. The lowest BCUT2D eigenvalue weighted by molar-refractivity contribution is -0.142. The fourth-order valence-electron chi connectivity index (χ4n) is 2.67. The SMILES string of the molecule is CCc1ccc(OCC(=O)N(Cc2ccc(Cl)cc2Cl)C(C)C(=O)NC)cc1. The van der Waals surface area contributed by atoms with Gasteiger partial charge in [-0.15, -0.1) is 0 Å². The molecule has 0 spiro atoms. The number of likely N-dealkylation sites (N-methyl/N-ethyl adjacent to an activating group) is 1. The van der Waals surface area contributed by atoms with E-state index < -0.39 is 6.04 Å². The first kappa shape index (κ1) is 22.1. The fourth-order valence-corrected chi connectivity index (χ4v) is 3.14. The molecule has 28 heavy (non-hydrogen) atoms. The maximum Gasteiger partial charge on any atom is 0.261 e. The van der Waals surface area contributed by atoms with Crippen molar-refractivity contribution >= 4 is 35.0 Å². The lowest BCUT2D eigenvalue weighted by Crippen LogP contribution is -2.48. The third-order valence-corrected chi connectivity index (χ3v) is 5.05. The molecule has 0 heterocycles. The third-order valence-electron chi connectivity index (χ3n) is 4.46. The van der Waals surface area contributed by atoms with Gasteiger partial charge in [0.15, 0.2) is 6.61 Å². The van der Waals surface area contributed by atoms with Gasteiger partial charge in [-0.05, 0) is 48.7 Å². The minimum atomic E-state index is -0.685. The molecule has 0 bridgehead atoms. The van der Waals surface area contributed by atoms with Crippen LogP contribution in [-0.4, -0.2) is 36.4 Å². The number of hydrogen-bond acceptors (Lipinski definition) is 3. The zero-order chi connectivity index (χ0) is 20.7. The van der Waals surface area contributed by atoms with Gasteiger partial charge in [0.1, 0.15) is 11.8 Å². The molecule has 0 saturated carbocycles. The Morgan fingerprint density at radius 2 is 1.82 bits per heavy atom. The van der Waals surface area contributed by atoms with E-state index in [1.165, 1.54) is 17.5 Å². The van der Waals surface area contributed by atoms with Gasteiger partial charge in [0, 0.05) is 23.6 Å². The molecule has 5 nitrogen and oxygen atoms in total. The number of ether oxygens (including phenoxy) is 1. The van der Waals surface area contributed by atoms with Crippen molar-refractivity contribution < 1.29 is 14.3 Å². The van der Waals surface area contributed by atoms with Crippen LogP contribution in [0.2, 0.25) is 10.0 Å². The number of amides is 2. The maximum atomic E-state index is 12.8. The summed E-state index contributed by atoms with van der Waals surface area (Å²) in [6, 6.07) is 11.9. The second-order valence-electron chi connectivity index (χ2n) is 6.33. The smallest absolute Gasteiger partial charge is 0.261 e. The Balaban J connectivity index is 2.14. The molecule has 0 saturated heterocycles. The number of hydrogen-bond donors (Lipinski definition) is 1. The third kappa shape index (κ3) is 5.88. The van der Waals surface area contributed by atoms with E-state index in [-0.39, 0.29) is 25.0 Å². The highest BCUT2D eigenvalue weighted by molar-refractivity contribution is 6.35. The van der Waals surface area contributed by atoms with Crippen LogP contribution in [0.5, 0.6) is 5.75 Å². The molecule has 2 aromatic carbocycles. The Labute approximate surface area is 175 Å². The second kappa shape index (κ2) is 10.3. The first-order valence-electron chi connectivity index (χ1n) is 9.02. The topological polar surface area (TPSA) is 58.6 Å². The monoisotopic (exact) mass is 422 g/mol. The summed E-state index contributed by atoms with van der Waals surface area (Å²) in [5.74, 6) is 0.00930. The van der Waals surface area contributed by atoms with Crippen LogP contribution in [0.15, 0.2) is 42.5 Å². The van der Waals surface area contributed by atoms with E-state index in [0.29, 0.717) is 21.4 Å². The van der Waals surface area contributed by atoms with Crippen molar-refractivity contribution in [1.82, 2.24) is 10.2 Å². The number of nitrogens with one attached hydrogen (secondary N) is 1. The van der Waals surface area contributed by atoms with E-state index in [0.717, 1.165) is 6.42 Å². The molecule has 2 rings (SSSR count). The van der Waals surface area contributed by atoms with Crippen molar-refractivity contribution in [3.05, 3.63) is 63.6 Å². The number of carbonyl (C=O) groups is 2. The number of carbonyl (C=O) groups excluding carboxylic acids is 2. The predicted molar refractivity (Wildman–Crippen MR) is 112 cm³/mol. The fraction of sp³-hybridized carbons (Fsp3) is 0.333. The second-order valence-corrected chi connectivity index (χ2v) is 7.18. The summed E-state index contributed by atoms with van der Waals surface area (Å²) in [7, 11) is 1.53. The van der Waals surface area contributed by atoms with Crippen molar-refractivity contribution in [2.75, 3.05) is 13.7 Å². The minimum absolute atomic E-state index is 0.168. The average molecular weight is 423 g/mol. The Bertz CT molecular complexity index is 825. The molecule has 2 aromatic rings. The summed E-state index contributed by atoms with van der Waals surface area (Å²) in [5, 5.41) is 3.51. The van der Waals surface area contributed by atoms with E-state index in [1.807, 2.05) is 24.3 Å². The van der Waals surface area contributed by atoms with Crippen LogP contribution in [0.1, 0.15) is 25.0 Å². The molecule has 7 heteroatoms. The van der Waals surface area contributed by atoms with Crippen LogP contribution >= 0.6 is 23.2 Å². The summed E-state index contributed by atoms with van der Waals surface area (Å²) in [4.78, 5) is 26.4. The van der Waals surface area contributed by atoms with Gasteiger partial charge < -0.3 is 15.0 Å². The van der Waals surface area contributed by atoms with Gasteiger partial charge in [0.05, 0.1) is 0 Å². The number of nitrogens with zero attached hydrogens (tertiary/aromatic N) is 1. The lowest BCUT2D eigenvalue weighted by Gasteiger charge is -2.28. The molecule has 1 atom stereocenters. The van der Waals surface area contributed by atoms with Gasteiger partial charge >= 0.3 is 0 Å². The van der Waals surface area contributed by atoms with Crippen LogP contribution in [0.4, 0.5) is 0 Å².